The Morgan fingerprint density at radius 3 is 2.70 bits per heavy atom. The first-order chi connectivity index (χ1) is 9.69. The molecule has 0 spiro atoms. The predicted octanol–water partition coefficient (Wildman–Crippen LogP) is 1.57. The van der Waals surface area contributed by atoms with Crippen molar-refractivity contribution in [3.63, 3.8) is 0 Å². The van der Waals surface area contributed by atoms with E-state index in [4.69, 9.17) is 4.74 Å². The molecule has 3 aliphatic heterocycles. The number of ether oxygens (including phenoxy) is 1. The first-order valence-electron chi connectivity index (χ1n) is 8.13. The van der Waals surface area contributed by atoms with Crippen LogP contribution in [0.1, 0.15) is 33.1 Å². The lowest BCUT2D eigenvalue weighted by Crippen LogP contribution is -2.51. The Morgan fingerprint density at radius 1 is 1.15 bits per heavy atom. The molecule has 0 aromatic rings. The Balaban J connectivity index is 1.60. The SMILES string of the molecule is CNC1COCC(N2CCC3C2CCN3SC(C)C)C1. The van der Waals surface area contributed by atoms with Gasteiger partial charge in [0.15, 0.2) is 0 Å². The van der Waals surface area contributed by atoms with Crippen molar-refractivity contribution >= 4 is 11.9 Å². The molecule has 3 fully saturated rings. The maximum Gasteiger partial charge on any atom is 0.0623 e. The van der Waals surface area contributed by atoms with Crippen LogP contribution in [0.15, 0.2) is 0 Å². The lowest BCUT2D eigenvalue weighted by Gasteiger charge is -2.38. The molecule has 4 nitrogen and oxygen atoms in total. The summed E-state index contributed by atoms with van der Waals surface area (Å²) in [6.45, 7) is 8.93. The van der Waals surface area contributed by atoms with Crippen LogP contribution in [0.3, 0.4) is 0 Å². The van der Waals surface area contributed by atoms with Crippen LogP contribution in [-0.2, 0) is 4.74 Å². The summed E-state index contributed by atoms with van der Waals surface area (Å²) in [5.41, 5.74) is 0. The molecular weight excluding hydrogens is 270 g/mol. The summed E-state index contributed by atoms with van der Waals surface area (Å²) in [4.78, 5) is 2.76. The van der Waals surface area contributed by atoms with Crippen molar-refractivity contribution in [2.24, 2.45) is 0 Å². The van der Waals surface area contributed by atoms with Gasteiger partial charge < -0.3 is 10.1 Å². The number of hydrogen-bond donors (Lipinski definition) is 1. The second-order valence-electron chi connectivity index (χ2n) is 6.66. The average Bonchev–Trinajstić information content (AvgIpc) is 3.01. The van der Waals surface area contributed by atoms with Gasteiger partial charge in [0, 0.05) is 42.5 Å². The first kappa shape index (κ1) is 15.1. The predicted molar refractivity (Wildman–Crippen MR) is 85.0 cm³/mol. The Labute approximate surface area is 127 Å². The number of hydrogen-bond acceptors (Lipinski definition) is 5. The smallest absolute Gasteiger partial charge is 0.0623 e. The quantitative estimate of drug-likeness (QED) is 0.796. The van der Waals surface area contributed by atoms with E-state index in [0.29, 0.717) is 17.3 Å². The molecule has 0 amide bonds. The van der Waals surface area contributed by atoms with Gasteiger partial charge in [0.05, 0.1) is 13.2 Å². The molecule has 0 aromatic carbocycles. The summed E-state index contributed by atoms with van der Waals surface area (Å²) >= 11 is 2.06. The van der Waals surface area contributed by atoms with E-state index in [1.807, 2.05) is 0 Å². The molecule has 3 saturated heterocycles. The highest BCUT2D eigenvalue weighted by molar-refractivity contribution is 7.97. The second-order valence-corrected chi connectivity index (χ2v) is 8.28. The zero-order valence-electron chi connectivity index (χ0n) is 13.0. The summed E-state index contributed by atoms with van der Waals surface area (Å²) in [6.07, 6.45) is 3.92. The van der Waals surface area contributed by atoms with Crippen LogP contribution in [0.25, 0.3) is 0 Å². The number of fused-ring (bicyclic) bond motifs is 1. The zero-order chi connectivity index (χ0) is 14.1. The molecule has 116 valence electrons. The third-order valence-corrected chi connectivity index (χ3v) is 6.12. The Bertz CT molecular complexity index is 328. The highest BCUT2D eigenvalue weighted by Crippen LogP contribution is 2.38. The summed E-state index contributed by atoms with van der Waals surface area (Å²) in [6, 6.07) is 2.71. The molecule has 1 N–H and O–H groups in total. The highest BCUT2D eigenvalue weighted by atomic mass is 32.2. The van der Waals surface area contributed by atoms with Gasteiger partial charge in [-0.1, -0.05) is 25.8 Å². The van der Waals surface area contributed by atoms with Gasteiger partial charge in [-0.25, -0.2) is 4.31 Å². The molecule has 20 heavy (non-hydrogen) atoms. The molecule has 3 rings (SSSR count). The minimum absolute atomic E-state index is 0.537. The number of nitrogens with one attached hydrogen (secondary N) is 1. The van der Waals surface area contributed by atoms with Crippen molar-refractivity contribution in [2.45, 2.75) is 62.5 Å². The number of likely N-dealkylation sites (N-methyl/N-ethyl adjacent to an activating group) is 1. The molecule has 3 heterocycles. The molecule has 0 radical (unpaired) electrons. The van der Waals surface area contributed by atoms with E-state index in [-0.39, 0.29) is 0 Å². The molecular formula is C15H29N3OS. The fourth-order valence-corrected chi connectivity index (χ4v) is 5.23. The van der Waals surface area contributed by atoms with Crippen LogP contribution in [0.5, 0.6) is 0 Å². The van der Waals surface area contributed by atoms with Gasteiger partial charge in [-0.3, -0.25) is 4.90 Å². The van der Waals surface area contributed by atoms with Crippen LogP contribution in [0.2, 0.25) is 0 Å². The van der Waals surface area contributed by atoms with Crippen LogP contribution in [-0.4, -0.2) is 72.0 Å². The van der Waals surface area contributed by atoms with E-state index < -0.39 is 0 Å². The zero-order valence-corrected chi connectivity index (χ0v) is 13.9. The monoisotopic (exact) mass is 299 g/mol. The van der Waals surface area contributed by atoms with Gasteiger partial charge in [0.2, 0.25) is 0 Å². The molecule has 3 aliphatic rings. The molecule has 0 bridgehead atoms. The third kappa shape index (κ3) is 3.02. The lowest BCUT2D eigenvalue weighted by atomic mass is 10.0. The summed E-state index contributed by atoms with van der Waals surface area (Å²) in [5.74, 6) is 0. The molecule has 0 saturated carbocycles. The van der Waals surface area contributed by atoms with Crippen molar-refractivity contribution in [1.29, 1.82) is 0 Å². The average molecular weight is 299 g/mol. The second kappa shape index (κ2) is 6.53. The third-order valence-electron chi connectivity index (χ3n) is 4.98. The fourth-order valence-electron chi connectivity index (χ4n) is 4.08. The Hall–Kier alpha value is 0.190. The standard InChI is InChI=1S/C15H29N3OS/c1-11(2)20-18-7-5-14-15(18)4-6-17(14)13-8-12(16-3)9-19-10-13/h11-16H,4-10H2,1-3H3. The largest absolute Gasteiger partial charge is 0.378 e. The van der Waals surface area contributed by atoms with Crippen molar-refractivity contribution in [1.82, 2.24) is 14.5 Å². The number of likely N-dealkylation sites (tertiary alicyclic amines) is 1. The molecule has 0 aliphatic carbocycles. The highest BCUT2D eigenvalue weighted by Gasteiger charge is 2.45. The van der Waals surface area contributed by atoms with E-state index in [9.17, 15) is 0 Å². The van der Waals surface area contributed by atoms with Gasteiger partial charge in [0.1, 0.15) is 0 Å². The van der Waals surface area contributed by atoms with Crippen LogP contribution >= 0.6 is 11.9 Å². The van der Waals surface area contributed by atoms with Crippen molar-refractivity contribution in [2.75, 3.05) is 33.4 Å². The minimum Gasteiger partial charge on any atom is -0.378 e. The minimum atomic E-state index is 0.537. The van der Waals surface area contributed by atoms with Crippen LogP contribution in [0.4, 0.5) is 0 Å². The summed E-state index contributed by atoms with van der Waals surface area (Å²) in [5, 5.41) is 4.09. The number of rotatable bonds is 4. The maximum atomic E-state index is 5.81. The van der Waals surface area contributed by atoms with Gasteiger partial charge in [-0.05, 0) is 26.3 Å². The van der Waals surface area contributed by atoms with Gasteiger partial charge >= 0.3 is 0 Å². The topological polar surface area (TPSA) is 27.7 Å². The number of nitrogens with zero attached hydrogens (tertiary/aromatic N) is 2. The van der Waals surface area contributed by atoms with E-state index in [1.54, 1.807) is 0 Å². The summed E-state index contributed by atoms with van der Waals surface area (Å²) < 4.78 is 8.48. The fraction of sp³-hybridized carbons (Fsp3) is 1.00. The van der Waals surface area contributed by atoms with Crippen LogP contribution < -0.4 is 5.32 Å². The van der Waals surface area contributed by atoms with E-state index >= 15 is 0 Å². The van der Waals surface area contributed by atoms with Crippen LogP contribution in [0, 0.1) is 0 Å². The van der Waals surface area contributed by atoms with Crippen molar-refractivity contribution in [3.8, 4) is 0 Å². The van der Waals surface area contributed by atoms with E-state index in [2.05, 4.69) is 47.4 Å². The van der Waals surface area contributed by atoms with Crippen molar-refractivity contribution in [3.05, 3.63) is 0 Å². The van der Waals surface area contributed by atoms with E-state index in [1.165, 1.54) is 32.4 Å². The Kier molecular flexibility index (Phi) is 4.93. The molecule has 4 atom stereocenters. The lowest BCUT2D eigenvalue weighted by molar-refractivity contribution is -0.00369. The maximum absolute atomic E-state index is 5.81. The van der Waals surface area contributed by atoms with Gasteiger partial charge in [-0.15, -0.1) is 0 Å². The summed E-state index contributed by atoms with van der Waals surface area (Å²) in [7, 11) is 2.06. The first-order valence-corrected chi connectivity index (χ1v) is 8.97. The van der Waals surface area contributed by atoms with Crippen molar-refractivity contribution < 1.29 is 4.74 Å². The normalized spacial score (nSPS) is 39.6. The molecule has 5 heteroatoms. The molecule has 0 aromatic heterocycles. The molecule has 4 unspecified atom stereocenters. The van der Waals surface area contributed by atoms with Gasteiger partial charge in [-0.2, -0.15) is 0 Å². The van der Waals surface area contributed by atoms with Gasteiger partial charge in [0.25, 0.3) is 0 Å². The Morgan fingerprint density at radius 2 is 1.95 bits per heavy atom. The van der Waals surface area contributed by atoms with E-state index in [0.717, 1.165) is 25.3 Å².